The third-order valence-electron chi connectivity index (χ3n) is 2.92. The number of nitrogens with zero attached hydrogens (tertiary/aromatic N) is 1. The lowest BCUT2D eigenvalue weighted by Gasteiger charge is -2.07. The molecular weight excluding hydrogens is 236 g/mol. The number of carbonyl (C=O) groups excluding carboxylic acids is 1. The van der Waals surface area contributed by atoms with E-state index in [1.54, 1.807) is 0 Å². The van der Waals surface area contributed by atoms with Gasteiger partial charge in [0.15, 0.2) is 0 Å². The zero-order valence-corrected chi connectivity index (χ0v) is 12.0. The molecule has 1 aromatic rings. The van der Waals surface area contributed by atoms with Crippen LogP contribution in [0.25, 0.3) is 0 Å². The van der Waals surface area contributed by atoms with Gasteiger partial charge in [-0.3, -0.25) is 4.79 Å². The number of amides is 1. The van der Waals surface area contributed by atoms with Gasteiger partial charge in [0.2, 0.25) is 5.91 Å². The summed E-state index contributed by atoms with van der Waals surface area (Å²) in [5, 5.41) is 4.30. The summed E-state index contributed by atoms with van der Waals surface area (Å²) in [6, 6.07) is 10.1. The van der Waals surface area contributed by atoms with Crippen LogP contribution in [0.2, 0.25) is 0 Å². The van der Waals surface area contributed by atoms with Crippen LogP contribution in [0, 0.1) is 0 Å². The highest BCUT2D eigenvalue weighted by Gasteiger charge is 2.04. The number of nitrogens with one attached hydrogen (secondary N) is 1. The lowest BCUT2D eigenvalue weighted by atomic mass is 10.0. The summed E-state index contributed by atoms with van der Waals surface area (Å²) in [6.07, 6.45) is 5.76. The normalized spacial score (nSPS) is 11.4. The van der Waals surface area contributed by atoms with Gasteiger partial charge in [-0.25, -0.2) is 5.43 Å². The zero-order chi connectivity index (χ0) is 13.9. The van der Waals surface area contributed by atoms with Gasteiger partial charge >= 0.3 is 0 Å². The Morgan fingerprint density at radius 2 is 1.79 bits per heavy atom. The first kappa shape index (κ1) is 15.4. The van der Waals surface area contributed by atoms with Crippen molar-refractivity contribution in [1.82, 2.24) is 5.43 Å². The minimum atomic E-state index is -0.00794. The molecule has 0 fully saturated rings. The van der Waals surface area contributed by atoms with E-state index < -0.39 is 0 Å². The maximum atomic E-state index is 11.5. The second kappa shape index (κ2) is 9.31. The van der Waals surface area contributed by atoms with Gasteiger partial charge in [-0.1, -0.05) is 57.0 Å². The molecule has 3 nitrogen and oxygen atoms in total. The first-order valence-corrected chi connectivity index (χ1v) is 7.18. The second-order valence-electron chi connectivity index (χ2n) is 4.67. The molecule has 19 heavy (non-hydrogen) atoms. The Kier molecular flexibility index (Phi) is 7.56. The van der Waals surface area contributed by atoms with E-state index >= 15 is 0 Å². The van der Waals surface area contributed by atoms with Crippen LogP contribution in [0.5, 0.6) is 0 Å². The summed E-state index contributed by atoms with van der Waals surface area (Å²) >= 11 is 0. The van der Waals surface area contributed by atoms with Crippen molar-refractivity contribution in [3.05, 3.63) is 35.9 Å². The van der Waals surface area contributed by atoms with Crippen molar-refractivity contribution in [2.45, 2.75) is 52.4 Å². The fraction of sp³-hybridized carbons (Fsp3) is 0.500. The highest BCUT2D eigenvalue weighted by Crippen LogP contribution is 2.09. The molecule has 0 radical (unpaired) electrons. The fourth-order valence-electron chi connectivity index (χ4n) is 1.85. The maximum absolute atomic E-state index is 11.5. The van der Waals surface area contributed by atoms with E-state index in [4.69, 9.17) is 0 Å². The molecule has 0 aliphatic heterocycles. The van der Waals surface area contributed by atoms with Gasteiger partial charge in [-0.2, -0.15) is 5.10 Å². The second-order valence-corrected chi connectivity index (χ2v) is 4.67. The first-order chi connectivity index (χ1) is 9.27. The average molecular weight is 260 g/mol. The lowest BCUT2D eigenvalue weighted by molar-refractivity contribution is -0.121. The summed E-state index contributed by atoms with van der Waals surface area (Å²) in [5.41, 5.74) is 4.72. The predicted molar refractivity (Wildman–Crippen MR) is 80.2 cm³/mol. The molecule has 0 aliphatic carbocycles. The third-order valence-corrected chi connectivity index (χ3v) is 2.92. The van der Waals surface area contributed by atoms with Gasteiger partial charge in [-0.15, -0.1) is 0 Å². The van der Waals surface area contributed by atoms with Crippen LogP contribution in [-0.2, 0) is 4.79 Å². The van der Waals surface area contributed by atoms with Crippen LogP contribution in [-0.4, -0.2) is 11.6 Å². The molecular formula is C16H24N2O. The smallest absolute Gasteiger partial charge is 0.240 e. The maximum Gasteiger partial charge on any atom is 0.240 e. The van der Waals surface area contributed by atoms with Gasteiger partial charge < -0.3 is 0 Å². The SMILES string of the molecule is CCCCC/C(=N\NC(=O)CCC)c1ccccc1. The predicted octanol–water partition coefficient (Wildman–Crippen LogP) is 3.89. The van der Waals surface area contributed by atoms with E-state index in [-0.39, 0.29) is 5.91 Å². The summed E-state index contributed by atoms with van der Waals surface area (Å²) in [4.78, 5) is 11.5. The van der Waals surface area contributed by atoms with Crippen LogP contribution in [0.3, 0.4) is 0 Å². The molecule has 1 aromatic carbocycles. The van der Waals surface area contributed by atoms with Crippen molar-refractivity contribution in [3.63, 3.8) is 0 Å². The average Bonchev–Trinajstić information content (AvgIpc) is 2.44. The van der Waals surface area contributed by atoms with Crippen LogP contribution in [0.1, 0.15) is 57.9 Å². The van der Waals surface area contributed by atoms with E-state index in [1.165, 1.54) is 12.8 Å². The molecule has 0 unspecified atom stereocenters. The van der Waals surface area contributed by atoms with Gasteiger partial charge in [0.05, 0.1) is 5.71 Å². The van der Waals surface area contributed by atoms with Crippen LogP contribution in [0.15, 0.2) is 35.4 Å². The topological polar surface area (TPSA) is 41.5 Å². The monoisotopic (exact) mass is 260 g/mol. The molecule has 0 saturated heterocycles. The van der Waals surface area contributed by atoms with Crippen molar-refractivity contribution in [3.8, 4) is 0 Å². The molecule has 104 valence electrons. The molecule has 1 N–H and O–H groups in total. The number of rotatable bonds is 8. The van der Waals surface area contributed by atoms with E-state index in [2.05, 4.69) is 17.5 Å². The Hall–Kier alpha value is -1.64. The molecule has 0 aliphatic rings. The molecule has 0 aromatic heterocycles. The highest BCUT2D eigenvalue weighted by molar-refractivity contribution is 6.01. The lowest BCUT2D eigenvalue weighted by Crippen LogP contribution is -2.19. The van der Waals surface area contributed by atoms with Gasteiger partial charge in [0.1, 0.15) is 0 Å². The Morgan fingerprint density at radius 1 is 1.05 bits per heavy atom. The van der Waals surface area contributed by atoms with Crippen LogP contribution < -0.4 is 5.43 Å². The third kappa shape index (κ3) is 6.18. The molecule has 0 spiro atoms. The number of benzene rings is 1. The molecule has 0 saturated carbocycles. The molecule has 1 amide bonds. The molecule has 3 heteroatoms. The van der Waals surface area contributed by atoms with Crippen LogP contribution in [0.4, 0.5) is 0 Å². The largest absolute Gasteiger partial charge is 0.273 e. The Bertz CT molecular complexity index is 398. The van der Waals surface area contributed by atoms with Crippen molar-refractivity contribution in [2.75, 3.05) is 0 Å². The summed E-state index contributed by atoms with van der Waals surface area (Å²) in [7, 11) is 0. The van der Waals surface area contributed by atoms with E-state index in [0.29, 0.717) is 6.42 Å². The standard InChI is InChI=1S/C16H24N2O/c1-3-5-7-13-15(14-11-8-6-9-12-14)17-18-16(19)10-4-2/h6,8-9,11-12H,3-5,7,10,13H2,1-2H3,(H,18,19)/b17-15+. The van der Waals surface area contributed by atoms with E-state index in [0.717, 1.165) is 30.5 Å². The summed E-state index contributed by atoms with van der Waals surface area (Å²) < 4.78 is 0. The molecule has 0 bridgehead atoms. The van der Waals surface area contributed by atoms with E-state index in [1.807, 2.05) is 37.3 Å². The Labute approximate surface area is 116 Å². The molecule has 1 rings (SSSR count). The Balaban J connectivity index is 2.69. The number of hydrogen-bond donors (Lipinski definition) is 1. The van der Waals surface area contributed by atoms with Gasteiger partial charge in [0, 0.05) is 6.42 Å². The van der Waals surface area contributed by atoms with Crippen molar-refractivity contribution in [2.24, 2.45) is 5.10 Å². The number of hydrogen-bond acceptors (Lipinski definition) is 2. The summed E-state index contributed by atoms with van der Waals surface area (Å²) in [6.45, 7) is 4.17. The molecule has 0 atom stereocenters. The van der Waals surface area contributed by atoms with E-state index in [9.17, 15) is 4.79 Å². The number of carbonyl (C=O) groups is 1. The summed E-state index contributed by atoms with van der Waals surface area (Å²) in [5.74, 6) is -0.00794. The number of hydrazone groups is 1. The number of unbranched alkanes of at least 4 members (excludes halogenated alkanes) is 2. The zero-order valence-electron chi connectivity index (χ0n) is 12.0. The van der Waals surface area contributed by atoms with Gasteiger partial charge in [0.25, 0.3) is 0 Å². The minimum absolute atomic E-state index is 0.00794. The van der Waals surface area contributed by atoms with Crippen LogP contribution >= 0.6 is 0 Å². The van der Waals surface area contributed by atoms with Gasteiger partial charge in [-0.05, 0) is 24.8 Å². The van der Waals surface area contributed by atoms with Crippen molar-refractivity contribution >= 4 is 11.6 Å². The van der Waals surface area contributed by atoms with Crippen molar-refractivity contribution in [1.29, 1.82) is 0 Å². The minimum Gasteiger partial charge on any atom is -0.273 e. The first-order valence-electron chi connectivity index (χ1n) is 7.18. The fourth-order valence-corrected chi connectivity index (χ4v) is 1.85. The Morgan fingerprint density at radius 3 is 2.42 bits per heavy atom. The molecule has 0 heterocycles. The quantitative estimate of drug-likeness (QED) is 0.430. The van der Waals surface area contributed by atoms with Crippen molar-refractivity contribution < 1.29 is 4.79 Å². The highest BCUT2D eigenvalue weighted by atomic mass is 16.2.